The van der Waals surface area contributed by atoms with Gasteiger partial charge in [0, 0.05) is 17.1 Å². The van der Waals surface area contributed by atoms with E-state index in [0.29, 0.717) is 0 Å². The van der Waals surface area contributed by atoms with Gasteiger partial charge in [0.15, 0.2) is 0 Å². The van der Waals surface area contributed by atoms with Crippen molar-refractivity contribution in [3.05, 3.63) is 45.1 Å². The van der Waals surface area contributed by atoms with Crippen molar-refractivity contribution in [2.24, 2.45) is 0 Å². The molecule has 0 aromatic carbocycles. The van der Waals surface area contributed by atoms with Gasteiger partial charge in [-0.25, -0.2) is 12.2 Å². The van der Waals surface area contributed by atoms with Gasteiger partial charge >= 0.3 is 0 Å². The summed E-state index contributed by atoms with van der Waals surface area (Å²) in [6.07, 6.45) is 10.0. The van der Waals surface area contributed by atoms with Gasteiger partial charge in [0.25, 0.3) is 0 Å². The monoisotopic (exact) mass is 249 g/mol. The minimum atomic E-state index is 0. The molecule has 1 aliphatic carbocycles. The zero-order valence-corrected chi connectivity index (χ0v) is 11.4. The molecule has 1 radical (unpaired) electrons. The summed E-state index contributed by atoms with van der Waals surface area (Å²) in [6, 6.07) is 0. The van der Waals surface area contributed by atoms with E-state index < -0.39 is 0 Å². The predicted molar refractivity (Wildman–Crippen MR) is 65.8 cm³/mol. The summed E-state index contributed by atoms with van der Waals surface area (Å²) in [5, 5.41) is 0. The molecule has 0 aromatic heterocycles. The molecule has 2 heteroatoms. The van der Waals surface area contributed by atoms with Gasteiger partial charge in [-0.05, 0) is 0 Å². The molecule has 0 saturated heterocycles. The molecule has 1 aliphatic rings. The van der Waals surface area contributed by atoms with Crippen molar-refractivity contribution in [2.45, 2.75) is 27.2 Å². The summed E-state index contributed by atoms with van der Waals surface area (Å²) < 4.78 is 0. The average Bonchev–Trinajstić information content (AvgIpc) is 2.71. The second-order valence-electron chi connectivity index (χ2n) is 1.00. The molecule has 0 fully saturated rings. The SMILES string of the molecule is P.[C-]1=CC=CC1.[CH2-]C.[CH2-]C.[CH2-]C.[Cu]. The maximum atomic E-state index is 3.25. The van der Waals surface area contributed by atoms with E-state index in [4.69, 9.17) is 0 Å². The van der Waals surface area contributed by atoms with Crippen LogP contribution in [-0.2, 0) is 17.1 Å². The fourth-order valence-corrected chi connectivity index (χ4v) is 0.340. The van der Waals surface area contributed by atoms with Crippen LogP contribution in [0.15, 0.2) is 18.2 Å². The summed E-state index contributed by atoms with van der Waals surface area (Å²) in [5.41, 5.74) is 0. The molecule has 0 saturated carbocycles. The molecule has 0 aliphatic heterocycles. The fourth-order valence-electron chi connectivity index (χ4n) is 0.340. The van der Waals surface area contributed by atoms with Crippen molar-refractivity contribution in [3.8, 4) is 0 Å². The predicted octanol–water partition coefficient (Wildman–Crippen LogP) is 3.88. The summed E-state index contributed by atoms with van der Waals surface area (Å²) in [6.45, 7) is 15.0. The van der Waals surface area contributed by atoms with Crippen molar-refractivity contribution < 1.29 is 17.1 Å². The van der Waals surface area contributed by atoms with Crippen LogP contribution >= 0.6 is 9.90 Å². The van der Waals surface area contributed by atoms with Crippen molar-refractivity contribution in [3.63, 3.8) is 0 Å². The van der Waals surface area contributed by atoms with Crippen LogP contribution in [-0.4, -0.2) is 0 Å². The van der Waals surface area contributed by atoms with Crippen molar-refractivity contribution in [1.82, 2.24) is 0 Å². The van der Waals surface area contributed by atoms with Gasteiger partial charge in [-0.1, -0.05) is 0 Å². The molecule has 0 amide bonds. The van der Waals surface area contributed by atoms with E-state index in [0.717, 1.165) is 6.42 Å². The van der Waals surface area contributed by atoms with Crippen LogP contribution in [0.25, 0.3) is 0 Å². The molecule has 0 N–H and O–H groups in total. The first-order valence-electron chi connectivity index (χ1n) is 3.84. The van der Waals surface area contributed by atoms with E-state index in [2.05, 4.69) is 32.9 Å². The molecule has 1 rings (SSSR count). The number of allylic oxidation sites excluding steroid dienone is 4. The fraction of sp³-hybridized carbons (Fsp3) is 0.364. The Kier molecular flexibility index (Phi) is 124. The Hall–Kier alpha value is 0.429. The van der Waals surface area contributed by atoms with Gasteiger partial charge in [0.05, 0.1) is 0 Å². The van der Waals surface area contributed by atoms with Crippen LogP contribution < -0.4 is 0 Å². The quantitative estimate of drug-likeness (QED) is 0.347. The first-order valence-corrected chi connectivity index (χ1v) is 3.84. The molecule has 1 unspecified atom stereocenters. The third-order valence-corrected chi connectivity index (χ3v) is 0.586. The Morgan fingerprint density at radius 3 is 1.46 bits per heavy atom. The normalized spacial score (nSPS) is 8.15. The smallest absolute Gasteiger partial charge is 0 e. The van der Waals surface area contributed by atoms with Crippen LogP contribution in [0, 0.1) is 26.8 Å². The Bertz CT molecular complexity index is 68.2. The van der Waals surface area contributed by atoms with E-state index in [1.165, 1.54) is 0 Å². The molecule has 0 heterocycles. The molecule has 0 spiro atoms. The Morgan fingerprint density at radius 2 is 1.38 bits per heavy atom. The summed E-state index contributed by atoms with van der Waals surface area (Å²) in [4.78, 5) is 0. The molecular formula is C11H23CuP-4. The number of rotatable bonds is 0. The molecular weight excluding hydrogens is 227 g/mol. The van der Waals surface area contributed by atoms with Crippen molar-refractivity contribution in [1.29, 1.82) is 0 Å². The minimum absolute atomic E-state index is 0. The van der Waals surface area contributed by atoms with E-state index in [1.54, 1.807) is 20.8 Å². The second-order valence-corrected chi connectivity index (χ2v) is 1.00. The van der Waals surface area contributed by atoms with E-state index in [-0.39, 0.29) is 27.0 Å². The molecule has 0 aromatic rings. The minimum Gasteiger partial charge on any atom is -0.346 e. The second kappa shape index (κ2) is 55.1. The zero-order valence-electron chi connectivity index (χ0n) is 9.07. The third kappa shape index (κ3) is 45.9. The average molecular weight is 250 g/mol. The van der Waals surface area contributed by atoms with E-state index in [9.17, 15) is 0 Å². The summed E-state index contributed by atoms with van der Waals surface area (Å²) >= 11 is 0. The van der Waals surface area contributed by atoms with Gasteiger partial charge in [0.1, 0.15) is 0 Å². The van der Waals surface area contributed by atoms with E-state index >= 15 is 0 Å². The molecule has 0 nitrogen and oxygen atoms in total. The van der Waals surface area contributed by atoms with Crippen LogP contribution in [0.3, 0.4) is 0 Å². The van der Waals surface area contributed by atoms with Gasteiger partial charge in [-0.3, -0.25) is 6.08 Å². The molecule has 1 atom stereocenters. The Balaban J connectivity index is -0.0000000239. The topological polar surface area (TPSA) is 0 Å². The van der Waals surface area contributed by atoms with Gasteiger partial charge in [-0.2, -0.15) is 36.7 Å². The maximum Gasteiger partial charge on any atom is 0 e. The zero-order chi connectivity index (χ0) is 9.54. The molecule has 13 heavy (non-hydrogen) atoms. The largest absolute Gasteiger partial charge is 0.346 e. The summed E-state index contributed by atoms with van der Waals surface area (Å²) in [7, 11) is 0. The van der Waals surface area contributed by atoms with Gasteiger partial charge in [0.2, 0.25) is 0 Å². The summed E-state index contributed by atoms with van der Waals surface area (Å²) in [5.74, 6) is 0. The Labute approximate surface area is 99.4 Å². The first-order chi connectivity index (χ1) is 5.50. The van der Waals surface area contributed by atoms with Gasteiger partial charge in [-0.15, -0.1) is 6.42 Å². The van der Waals surface area contributed by atoms with Crippen LogP contribution in [0.5, 0.6) is 0 Å². The van der Waals surface area contributed by atoms with Crippen LogP contribution in [0.1, 0.15) is 27.2 Å². The number of hydrogen-bond donors (Lipinski definition) is 0. The first kappa shape index (κ1) is 29.2. The molecule has 87 valence electrons. The Morgan fingerprint density at radius 1 is 1.00 bits per heavy atom. The van der Waals surface area contributed by atoms with Crippen molar-refractivity contribution >= 4 is 9.90 Å². The standard InChI is InChI=1S/C5H5.3C2H5.Cu.H3P/c1-2-4-5-3-1;3*1-2;;/h1-3H,4H2;3*1H2,2H3;;1H3/q4*-1;;. The van der Waals surface area contributed by atoms with E-state index in [1.807, 2.05) is 12.2 Å². The van der Waals surface area contributed by atoms with Crippen molar-refractivity contribution in [2.75, 3.05) is 0 Å². The third-order valence-electron chi connectivity index (χ3n) is 0.586. The van der Waals surface area contributed by atoms with Crippen LogP contribution in [0.2, 0.25) is 0 Å². The van der Waals surface area contributed by atoms with Gasteiger partial charge < -0.3 is 20.8 Å². The van der Waals surface area contributed by atoms with Crippen LogP contribution in [0.4, 0.5) is 0 Å². The molecule has 0 bridgehead atoms. The number of hydrogen-bond acceptors (Lipinski definition) is 0. The maximum absolute atomic E-state index is 3.25.